The maximum Gasteiger partial charge on any atom is 2.00 e. The Bertz CT molecular complexity index is 1140. The van der Waals surface area contributed by atoms with Crippen molar-refractivity contribution < 1.29 is 49.6 Å². The SMILES string of the molecule is O.O.[Co+2].[OH3+].[OH3+].[OH3+].[OH3+].c1cn(-c2ccc(-c3nnn[n-]3)cc2)cn1.c1cn(-c2ccc(-c3nnn[n-]3)cc2)cn1. The van der Waals surface area contributed by atoms with Gasteiger partial charge in [-0.3, -0.25) is 20.6 Å². The van der Waals surface area contributed by atoms with Crippen LogP contribution in [-0.2, 0) is 38.7 Å². The van der Waals surface area contributed by atoms with Crippen LogP contribution in [0.25, 0.3) is 34.2 Å². The predicted octanol–water partition coefficient (Wildman–Crippen LogP) is -3.98. The Kier molecular flexibility index (Phi) is 18.4. The van der Waals surface area contributed by atoms with Crippen molar-refractivity contribution >= 4 is 0 Å². The number of imidazole rings is 2. The van der Waals surface area contributed by atoms with E-state index in [4.69, 9.17) is 0 Å². The first kappa shape index (κ1) is 38.8. The smallest absolute Gasteiger partial charge is 0.457 e. The van der Waals surface area contributed by atoms with E-state index in [1.54, 1.807) is 25.0 Å². The van der Waals surface area contributed by atoms with Crippen molar-refractivity contribution in [3.63, 3.8) is 0 Å². The molecule has 0 saturated heterocycles. The van der Waals surface area contributed by atoms with Crippen LogP contribution in [-0.4, -0.2) is 61.1 Å². The van der Waals surface area contributed by atoms with Gasteiger partial charge < -0.3 is 52.2 Å². The summed E-state index contributed by atoms with van der Waals surface area (Å²) < 4.78 is 3.85. The van der Waals surface area contributed by atoms with E-state index in [0.29, 0.717) is 11.6 Å². The van der Waals surface area contributed by atoms with Crippen molar-refractivity contribution in [2.75, 3.05) is 0 Å². The van der Waals surface area contributed by atoms with E-state index in [1.807, 2.05) is 70.1 Å². The fourth-order valence-corrected chi connectivity index (χ4v) is 2.91. The minimum absolute atomic E-state index is 0. The summed E-state index contributed by atoms with van der Waals surface area (Å²) in [6.07, 6.45) is 10.7. The van der Waals surface area contributed by atoms with Crippen LogP contribution >= 0.6 is 0 Å². The Labute approximate surface area is 230 Å². The Hall–Kier alpha value is -4.73. The zero-order chi connectivity index (χ0) is 21.6. The molecule has 0 aliphatic rings. The van der Waals surface area contributed by atoms with Crippen molar-refractivity contribution in [1.29, 1.82) is 0 Å². The van der Waals surface area contributed by atoms with Gasteiger partial charge in [-0.2, -0.15) is 10.4 Å². The summed E-state index contributed by atoms with van der Waals surface area (Å²) in [5, 5.41) is 28.9. The third-order valence-electron chi connectivity index (χ3n) is 4.49. The van der Waals surface area contributed by atoms with Crippen LogP contribution in [0.2, 0.25) is 0 Å². The number of rotatable bonds is 4. The molecule has 39 heavy (non-hydrogen) atoms. The van der Waals surface area contributed by atoms with E-state index in [9.17, 15) is 0 Å². The van der Waals surface area contributed by atoms with Crippen LogP contribution in [0.15, 0.2) is 86.0 Å². The van der Waals surface area contributed by atoms with Crippen LogP contribution in [0, 0.1) is 0 Å². The Morgan fingerprint density at radius 2 is 0.897 bits per heavy atom. The maximum absolute atomic E-state index is 3.99. The van der Waals surface area contributed by atoms with Gasteiger partial charge in [-0.15, -0.1) is 0 Å². The van der Waals surface area contributed by atoms with E-state index in [-0.39, 0.29) is 49.6 Å². The second-order valence-electron chi connectivity index (χ2n) is 6.44. The number of aromatic nitrogens is 12. The van der Waals surface area contributed by atoms with E-state index in [2.05, 4.69) is 51.2 Å². The predicted molar refractivity (Wildman–Crippen MR) is 138 cm³/mol. The van der Waals surface area contributed by atoms with E-state index in [0.717, 1.165) is 22.5 Å². The van der Waals surface area contributed by atoms with Crippen LogP contribution in [0.4, 0.5) is 0 Å². The zero-order valence-corrected chi connectivity index (χ0v) is 21.1. The number of benzene rings is 2. The van der Waals surface area contributed by atoms with Gasteiger partial charge in [-0.25, -0.2) is 9.97 Å². The minimum Gasteiger partial charge on any atom is -0.457 e. The third-order valence-corrected chi connectivity index (χ3v) is 4.49. The number of tetrazole rings is 2. The molecule has 0 atom stereocenters. The van der Waals surface area contributed by atoms with Gasteiger partial charge in [0.2, 0.25) is 0 Å². The molecule has 0 aliphatic carbocycles. The number of hydrogen-bond acceptors (Lipinski definition) is 8. The molecule has 0 amide bonds. The fraction of sp³-hybridized carbons (Fsp3) is 0. The van der Waals surface area contributed by atoms with E-state index in [1.165, 1.54) is 0 Å². The molecule has 4 aromatic heterocycles. The molecular formula is C20H30CoN12O6+4. The molecule has 16 N–H and O–H groups in total. The summed E-state index contributed by atoms with van der Waals surface area (Å²) in [6.45, 7) is 0. The Morgan fingerprint density at radius 3 is 1.15 bits per heavy atom. The van der Waals surface area contributed by atoms with Crippen molar-refractivity contribution in [1.82, 2.24) is 60.4 Å². The van der Waals surface area contributed by atoms with E-state index < -0.39 is 0 Å². The van der Waals surface area contributed by atoms with Gasteiger partial charge in [0.25, 0.3) is 0 Å². The van der Waals surface area contributed by atoms with Crippen molar-refractivity contribution in [2.24, 2.45) is 0 Å². The Balaban J connectivity index is -0.000000563. The topological polar surface area (TPSA) is 336 Å². The standard InChI is InChI=1S/2C10H7N6.Co.6H2O/c2*1-3-9(16-6-5-11-7-16)4-2-8(1)10-12-14-15-13-10;;;;;;;/h2*1-7H;;6*1H2/q2*-1;+2;;;;;;/p+4. The minimum atomic E-state index is 0. The maximum atomic E-state index is 3.99. The van der Waals surface area contributed by atoms with E-state index >= 15 is 0 Å². The average molecular weight is 593 g/mol. The Morgan fingerprint density at radius 1 is 0.538 bits per heavy atom. The summed E-state index contributed by atoms with van der Waals surface area (Å²) in [4.78, 5) is 7.98. The molecule has 0 saturated carbocycles. The van der Waals surface area contributed by atoms with Gasteiger partial charge in [0.1, 0.15) is 0 Å². The first-order chi connectivity index (χ1) is 15.9. The van der Waals surface area contributed by atoms with Gasteiger partial charge in [0.15, 0.2) is 0 Å². The van der Waals surface area contributed by atoms with Crippen LogP contribution in [0.3, 0.4) is 0 Å². The van der Waals surface area contributed by atoms with Gasteiger partial charge in [0.05, 0.1) is 12.7 Å². The fourth-order valence-electron chi connectivity index (χ4n) is 2.91. The number of nitrogens with zero attached hydrogens (tertiary/aromatic N) is 12. The average Bonchev–Trinajstić information content (AvgIpc) is 3.69. The molecule has 0 spiro atoms. The molecule has 2 aromatic carbocycles. The molecule has 18 nitrogen and oxygen atoms in total. The summed E-state index contributed by atoms with van der Waals surface area (Å²) in [6, 6.07) is 15.6. The molecule has 0 aliphatic heterocycles. The number of hydrogen-bond donors (Lipinski definition) is 0. The van der Waals surface area contributed by atoms with Crippen LogP contribution < -0.4 is 10.2 Å². The normalized spacial score (nSPS) is 8.62. The van der Waals surface area contributed by atoms with Crippen molar-refractivity contribution in [3.8, 4) is 34.2 Å². The van der Waals surface area contributed by atoms with Gasteiger partial charge in [0, 0.05) is 47.8 Å². The van der Waals surface area contributed by atoms with Gasteiger partial charge in [-0.05, 0) is 35.4 Å². The van der Waals surface area contributed by atoms with Gasteiger partial charge >= 0.3 is 16.8 Å². The summed E-state index contributed by atoms with van der Waals surface area (Å²) in [5.74, 6) is 1.08. The summed E-state index contributed by atoms with van der Waals surface area (Å²) in [7, 11) is 0. The second-order valence-corrected chi connectivity index (χ2v) is 6.44. The zero-order valence-electron chi connectivity index (χ0n) is 20.1. The molecule has 0 bridgehead atoms. The van der Waals surface area contributed by atoms with Gasteiger partial charge in [-0.1, -0.05) is 24.3 Å². The second kappa shape index (κ2) is 18.5. The third kappa shape index (κ3) is 9.26. The molecule has 0 fully saturated rings. The molecule has 211 valence electrons. The summed E-state index contributed by atoms with van der Waals surface area (Å²) in [5.41, 5.74) is 3.87. The molecule has 1 radical (unpaired) electrons. The molecular weight excluding hydrogens is 563 g/mol. The van der Waals surface area contributed by atoms with Crippen LogP contribution in [0.1, 0.15) is 0 Å². The molecule has 6 rings (SSSR count). The molecule has 19 heteroatoms. The van der Waals surface area contributed by atoms with Crippen molar-refractivity contribution in [2.45, 2.75) is 0 Å². The monoisotopic (exact) mass is 593 g/mol. The summed E-state index contributed by atoms with van der Waals surface area (Å²) >= 11 is 0. The van der Waals surface area contributed by atoms with Crippen molar-refractivity contribution in [3.05, 3.63) is 86.0 Å². The quantitative estimate of drug-likeness (QED) is 0.178. The van der Waals surface area contributed by atoms with Crippen LogP contribution in [0.5, 0.6) is 0 Å². The first-order valence-corrected chi connectivity index (χ1v) is 9.42. The first-order valence-electron chi connectivity index (χ1n) is 9.42. The molecule has 6 aromatic rings. The largest absolute Gasteiger partial charge is 2.00 e. The molecule has 0 unspecified atom stereocenters. The molecule has 4 heterocycles.